The van der Waals surface area contributed by atoms with Gasteiger partial charge in [0.25, 0.3) is 0 Å². The number of phosphoric acid groups is 1. The first kappa shape index (κ1) is 70.9. The van der Waals surface area contributed by atoms with E-state index in [1.54, 1.807) is 0 Å². The van der Waals surface area contributed by atoms with Crippen LogP contribution < -0.4 is 0 Å². The molecule has 0 aromatic heterocycles. The third-order valence-corrected chi connectivity index (χ3v) is 13.6. The lowest BCUT2D eigenvalue weighted by atomic mass is 10.0. The monoisotopic (exact) mass is 1060 g/mol. The van der Waals surface area contributed by atoms with Crippen LogP contribution in [0.1, 0.15) is 265 Å². The van der Waals surface area contributed by atoms with Crippen LogP contribution in [0.5, 0.6) is 0 Å². The fraction of sp³-hybridized carbons (Fsp3) is 0.758. The van der Waals surface area contributed by atoms with Crippen molar-refractivity contribution in [2.45, 2.75) is 277 Å². The maximum Gasteiger partial charge on any atom is 0.472 e. The highest BCUT2D eigenvalue weighted by Crippen LogP contribution is 2.43. The molecule has 0 saturated heterocycles. The first-order valence-corrected chi connectivity index (χ1v) is 31.3. The smallest absolute Gasteiger partial charge is 0.462 e. The summed E-state index contributed by atoms with van der Waals surface area (Å²) in [5.41, 5.74) is 0. The second-order valence-corrected chi connectivity index (χ2v) is 21.2. The summed E-state index contributed by atoms with van der Waals surface area (Å²) in [6.45, 7) is 4.42. The number of hydrogen-bond donors (Lipinski definition) is 2. The Morgan fingerprint density at radius 1 is 0.392 bits per heavy atom. The Kier molecular flexibility index (Phi) is 53.8. The Morgan fingerprint density at radius 3 is 1.08 bits per heavy atom. The van der Waals surface area contributed by atoms with Crippen molar-refractivity contribution in [2.75, 3.05) is 26.4 Å². The summed E-state index contributed by atoms with van der Waals surface area (Å²) >= 11 is 0. The van der Waals surface area contributed by atoms with Crippen LogP contribution >= 0.6 is 7.82 Å². The van der Waals surface area contributed by atoms with Gasteiger partial charge in [0.15, 0.2) is 6.10 Å². The number of rotatable bonds is 55. The molecule has 0 rings (SSSR count). The van der Waals surface area contributed by atoms with Gasteiger partial charge in [-0.3, -0.25) is 23.4 Å². The van der Waals surface area contributed by atoms with E-state index in [4.69, 9.17) is 23.3 Å². The van der Waals surface area contributed by atoms with Gasteiger partial charge in [0, 0.05) is 19.3 Å². The Hall–Kier alpha value is -3.08. The highest BCUT2D eigenvalue weighted by atomic mass is 31.2. The predicted molar refractivity (Wildman–Crippen MR) is 307 cm³/mol. The third-order valence-electron chi connectivity index (χ3n) is 12.6. The molecule has 0 aliphatic heterocycles. The van der Waals surface area contributed by atoms with Crippen LogP contribution in [-0.2, 0) is 42.2 Å². The van der Waals surface area contributed by atoms with Gasteiger partial charge in [0.2, 0.25) is 0 Å². The quantitative estimate of drug-likeness (QED) is 0.0197. The topological polar surface area (TPSA) is 155 Å². The minimum Gasteiger partial charge on any atom is -0.462 e. The summed E-state index contributed by atoms with van der Waals surface area (Å²) in [7, 11) is -4.76. The number of unbranched alkanes of at least 4 members (excludes halogenated alkanes) is 26. The summed E-state index contributed by atoms with van der Waals surface area (Å²) in [4.78, 5) is 48.6. The van der Waals surface area contributed by atoms with Gasteiger partial charge in [-0.05, 0) is 83.5 Å². The third kappa shape index (κ3) is 53.7. The summed E-state index contributed by atoms with van der Waals surface area (Å²) in [5, 5.41) is 9.82. The predicted octanol–water partition coefficient (Wildman–Crippen LogP) is 17.7. The van der Waals surface area contributed by atoms with E-state index in [9.17, 15) is 28.9 Å². The fourth-order valence-corrected chi connectivity index (χ4v) is 8.93. The van der Waals surface area contributed by atoms with Crippen molar-refractivity contribution in [3.63, 3.8) is 0 Å². The van der Waals surface area contributed by atoms with Gasteiger partial charge in [0.05, 0.1) is 19.8 Å². The average molecular weight is 1060 g/mol. The van der Waals surface area contributed by atoms with Crippen LogP contribution in [0.15, 0.2) is 72.9 Å². The van der Waals surface area contributed by atoms with Gasteiger partial charge >= 0.3 is 25.7 Å². The van der Waals surface area contributed by atoms with Crippen LogP contribution in [0.2, 0.25) is 0 Å². The lowest BCUT2D eigenvalue weighted by molar-refractivity contribution is -0.161. The minimum absolute atomic E-state index is 0.155. The van der Waals surface area contributed by atoms with Crippen molar-refractivity contribution >= 4 is 25.7 Å². The molecular weight excluding hydrogens is 952 g/mol. The van der Waals surface area contributed by atoms with Crippen molar-refractivity contribution in [3.8, 4) is 0 Å². The van der Waals surface area contributed by atoms with Gasteiger partial charge in [-0.1, -0.05) is 235 Å². The molecule has 0 aromatic rings. The van der Waals surface area contributed by atoms with E-state index in [2.05, 4.69) is 93.7 Å². The molecule has 74 heavy (non-hydrogen) atoms. The molecular formula is C62H109O11P. The number of esters is 3. The zero-order valence-electron chi connectivity index (χ0n) is 47.3. The van der Waals surface area contributed by atoms with E-state index in [-0.39, 0.29) is 25.9 Å². The average Bonchev–Trinajstić information content (AvgIpc) is 3.39. The van der Waals surface area contributed by atoms with Gasteiger partial charge in [0.1, 0.15) is 12.7 Å². The molecule has 0 aliphatic carbocycles. The second-order valence-electron chi connectivity index (χ2n) is 19.8. The van der Waals surface area contributed by atoms with Gasteiger partial charge in [-0.2, -0.15) is 0 Å². The second kappa shape index (κ2) is 56.1. The van der Waals surface area contributed by atoms with E-state index in [0.717, 1.165) is 128 Å². The van der Waals surface area contributed by atoms with Crippen molar-refractivity contribution < 1.29 is 52.2 Å². The van der Waals surface area contributed by atoms with Gasteiger partial charge < -0.3 is 24.2 Å². The number of carbonyl (C=O) groups excluding carboxylic acids is 3. The van der Waals surface area contributed by atoms with Crippen LogP contribution in [-0.4, -0.2) is 66.5 Å². The Bertz CT molecular complexity index is 1520. The van der Waals surface area contributed by atoms with Crippen LogP contribution in [0, 0.1) is 0 Å². The SMILES string of the molecule is CC/C=C\C/C=C\C/C=C\CCCCCCCCCC(=O)OC(COC(=O)CCCCCCCCCCCCCCCCC)COP(=O)(O)OCC(CO)OC(=O)CCCCCCC/C=C\C/C=C\C/C=C\CC. The van der Waals surface area contributed by atoms with E-state index < -0.39 is 57.8 Å². The number of phosphoric ester groups is 1. The molecule has 11 nitrogen and oxygen atoms in total. The van der Waals surface area contributed by atoms with E-state index in [0.29, 0.717) is 19.3 Å². The molecule has 0 bridgehead atoms. The summed E-state index contributed by atoms with van der Waals surface area (Å²) < 4.78 is 39.6. The van der Waals surface area contributed by atoms with Crippen molar-refractivity contribution in [2.24, 2.45) is 0 Å². The first-order valence-electron chi connectivity index (χ1n) is 29.8. The van der Waals surface area contributed by atoms with E-state index in [1.165, 1.54) is 77.0 Å². The number of carbonyl (C=O) groups is 3. The van der Waals surface area contributed by atoms with Crippen molar-refractivity contribution in [3.05, 3.63) is 72.9 Å². The maximum atomic E-state index is 12.9. The molecule has 0 heterocycles. The summed E-state index contributed by atoms with van der Waals surface area (Å²) in [5.74, 6) is -1.48. The maximum absolute atomic E-state index is 12.9. The molecule has 0 amide bonds. The fourth-order valence-electron chi connectivity index (χ4n) is 8.15. The van der Waals surface area contributed by atoms with Crippen molar-refractivity contribution in [1.82, 2.24) is 0 Å². The number of aliphatic hydroxyl groups is 1. The van der Waals surface area contributed by atoms with Crippen LogP contribution in [0.3, 0.4) is 0 Å². The largest absolute Gasteiger partial charge is 0.472 e. The lowest BCUT2D eigenvalue weighted by Crippen LogP contribution is -2.30. The molecule has 3 atom stereocenters. The minimum atomic E-state index is -4.76. The Balaban J connectivity index is 4.73. The number of ether oxygens (including phenoxy) is 3. The Morgan fingerprint density at radius 2 is 0.703 bits per heavy atom. The molecule has 12 heteroatoms. The summed E-state index contributed by atoms with van der Waals surface area (Å²) in [6.07, 6.45) is 62.8. The van der Waals surface area contributed by atoms with Crippen LogP contribution in [0.25, 0.3) is 0 Å². The number of aliphatic hydroxyl groups excluding tert-OH is 1. The lowest BCUT2D eigenvalue weighted by Gasteiger charge is -2.21. The van der Waals surface area contributed by atoms with Crippen LogP contribution in [0.4, 0.5) is 0 Å². The van der Waals surface area contributed by atoms with E-state index >= 15 is 0 Å². The normalized spacial score (nSPS) is 13.9. The van der Waals surface area contributed by atoms with E-state index in [1.807, 2.05) is 0 Å². The number of allylic oxidation sites excluding steroid dienone is 12. The molecule has 0 aliphatic rings. The molecule has 0 spiro atoms. The summed E-state index contributed by atoms with van der Waals surface area (Å²) in [6, 6.07) is 0. The molecule has 0 fully saturated rings. The van der Waals surface area contributed by atoms with Crippen molar-refractivity contribution in [1.29, 1.82) is 0 Å². The molecule has 0 saturated carbocycles. The molecule has 0 radical (unpaired) electrons. The first-order chi connectivity index (χ1) is 36.2. The Labute approximate surface area is 452 Å². The number of hydrogen-bond acceptors (Lipinski definition) is 10. The molecule has 0 aromatic carbocycles. The molecule has 3 unspecified atom stereocenters. The highest BCUT2D eigenvalue weighted by Gasteiger charge is 2.28. The van der Waals surface area contributed by atoms with Gasteiger partial charge in [-0.15, -0.1) is 0 Å². The zero-order chi connectivity index (χ0) is 54.1. The molecule has 428 valence electrons. The standard InChI is InChI=1S/C62H109O11P/c1-4-7-10-13-16-19-22-25-28-29-32-35-38-41-44-47-50-53-62(66)73-59(55-69-60(64)51-48-45-42-39-36-33-30-26-23-20-17-14-11-8-5-2)57-71-74(67,68)70-56-58(54-63)72-61(65)52-49-46-43-40-37-34-31-27-24-21-18-15-12-9-6-3/h7,9-10,12,16,18-19,21,25,27-28,31,58-59,63H,4-6,8,11,13-15,17,20,22-24,26,29-30,32-57H2,1-3H3,(H,67,68)/b10-7-,12-9-,19-16-,21-18-,28-25-,31-27-. The molecule has 2 N–H and O–H groups in total. The highest BCUT2D eigenvalue weighted by molar-refractivity contribution is 7.47. The zero-order valence-corrected chi connectivity index (χ0v) is 48.2. The van der Waals surface area contributed by atoms with Gasteiger partial charge in [-0.25, -0.2) is 4.57 Å².